The molecule has 0 aliphatic carbocycles. The molecule has 1 amide bonds. The number of H-pyrrole nitrogens is 1. The van der Waals surface area contributed by atoms with Gasteiger partial charge < -0.3 is 10.1 Å². The van der Waals surface area contributed by atoms with Crippen LogP contribution in [-0.4, -0.2) is 27.6 Å². The summed E-state index contributed by atoms with van der Waals surface area (Å²) in [6.45, 7) is 1.69. The average Bonchev–Trinajstić information content (AvgIpc) is 2.96. The molecule has 92 valence electrons. The summed E-state index contributed by atoms with van der Waals surface area (Å²) in [5, 5.41) is 11.3. The number of carbonyl (C=O) groups is 1. The van der Waals surface area contributed by atoms with Crippen LogP contribution in [0, 0.1) is 18.8 Å². The molecule has 6 heteroatoms. The van der Waals surface area contributed by atoms with Crippen molar-refractivity contribution in [2.24, 2.45) is 0 Å². The zero-order chi connectivity index (χ0) is 13.0. The van der Waals surface area contributed by atoms with E-state index in [1.54, 1.807) is 18.5 Å². The lowest BCUT2D eigenvalue weighted by Gasteiger charge is -1.97. The number of aromatic nitrogens is 2. The van der Waals surface area contributed by atoms with Gasteiger partial charge in [-0.05, 0) is 18.6 Å². The number of aliphatic hydroxyl groups is 1. The van der Waals surface area contributed by atoms with Crippen molar-refractivity contribution >= 4 is 23.2 Å². The van der Waals surface area contributed by atoms with Crippen LogP contribution in [0.2, 0.25) is 0 Å². The summed E-state index contributed by atoms with van der Waals surface area (Å²) in [5.74, 6) is 5.57. The molecular formula is C12H11N3O2S. The van der Waals surface area contributed by atoms with E-state index in [9.17, 15) is 4.79 Å². The molecule has 0 saturated heterocycles. The molecule has 0 aromatic carbocycles. The predicted molar refractivity (Wildman–Crippen MR) is 69.6 cm³/mol. The number of nitrogens with zero attached hydrogens (tertiary/aromatic N) is 1. The predicted octanol–water partition coefficient (Wildman–Crippen LogP) is 1.38. The number of anilines is 1. The van der Waals surface area contributed by atoms with Crippen molar-refractivity contribution in [1.82, 2.24) is 9.97 Å². The summed E-state index contributed by atoms with van der Waals surface area (Å²) in [7, 11) is 0. The van der Waals surface area contributed by atoms with E-state index in [2.05, 4.69) is 27.1 Å². The Labute approximate surface area is 108 Å². The van der Waals surface area contributed by atoms with Crippen LogP contribution in [0.3, 0.4) is 0 Å². The van der Waals surface area contributed by atoms with Gasteiger partial charge in [0, 0.05) is 12.4 Å². The van der Waals surface area contributed by atoms with E-state index in [4.69, 9.17) is 5.11 Å². The van der Waals surface area contributed by atoms with Crippen LogP contribution in [0.5, 0.6) is 0 Å². The van der Waals surface area contributed by atoms with Gasteiger partial charge in [0.25, 0.3) is 5.91 Å². The number of aryl methyl sites for hydroxylation is 1. The Balaban J connectivity index is 2.16. The summed E-state index contributed by atoms with van der Waals surface area (Å²) in [4.78, 5) is 20.0. The van der Waals surface area contributed by atoms with Gasteiger partial charge in [-0.3, -0.25) is 10.1 Å². The third-order valence-electron chi connectivity index (χ3n) is 2.15. The van der Waals surface area contributed by atoms with E-state index in [1.807, 2.05) is 6.92 Å². The summed E-state index contributed by atoms with van der Waals surface area (Å²) in [5.41, 5.74) is 0.922. The SMILES string of the molecule is Cc1cc(C(=O)Nc2ncc[nH]2)sc1C#CCO. The summed E-state index contributed by atoms with van der Waals surface area (Å²) >= 11 is 1.29. The standard InChI is InChI=1S/C12H11N3O2S/c1-8-7-10(18-9(8)3-2-6-16)11(17)15-12-13-4-5-14-12/h4-5,7,16H,6H2,1H3,(H2,13,14,15,17). The van der Waals surface area contributed by atoms with Crippen molar-refractivity contribution < 1.29 is 9.90 Å². The van der Waals surface area contributed by atoms with Gasteiger partial charge in [-0.15, -0.1) is 11.3 Å². The molecule has 0 aliphatic rings. The molecule has 2 aromatic heterocycles. The highest BCUT2D eigenvalue weighted by atomic mass is 32.1. The van der Waals surface area contributed by atoms with Crippen molar-refractivity contribution in [3.05, 3.63) is 33.8 Å². The van der Waals surface area contributed by atoms with Gasteiger partial charge in [0.1, 0.15) is 6.61 Å². The highest BCUT2D eigenvalue weighted by Crippen LogP contribution is 2.21. The third-order valence-corrected chi connectivity index (χ3v) is 3.30. The molecule has 0 radical (unpaired) electrons. The van der Waals surface area contributed by atoms with Crippen LogP contribution in [-0.2, 0) is 0 Å². The lowest BCUT2D eigenvalue weighted by atomic mass is 10.2. The highest BCUT2D eigenvalue weighted by Gasteiger charge is 2.12. The second kappa shape index (κ2) is 5.49. The number of hydrogen-bond acceptors (Lipinski definition) is 4. The van der Waals surface area contributed by atoms with Gasteiger partial charge >= 0.3 is 0 Å². The van der Waals surface area contributed by atoms with Crippen LogP contribution < -0.4 is 5.32 Å². The third kappa shape index (κ3) is 2.77. The van der Waals surface area contributed by atoms with Gasteiger partial charge in [-0.2, -0.15) is 0 Å². The van der Waals surface area contributed by atoms with Crippen molar-refractivity contribution in [3.63, 3.8) is 0 Å². The van der Waals surface area contributed by atoms with Crippen molar-refractivity contribution in [3.8, 4) is 11.8 Å². The van der Waals surface area contributed by atoms with E-state index >= 15 is 0 Å². The largest absolute Gasteiger partial charge is 0.384 e. The Morgan fingerprint density at radius 2 is 2.50 bits per heavy atom. The lowest BCUT2D eigenvalue weighted by molar-refractivity contribution is 0.102. The number of imidazole rings is 1. The maximum Gasteiger partial charge on any atom is 0.268 e. The van der Waals surface area contributed by atoms with E-state index in [0.717, 1.165) is 10.4 Å². The molecule has 2 aromatic rings. The molecule has 3 N–H and O–H groups in total. The van der Waals surface area contributed by atoms with E-state index < -0.39 is 0 Å². The van der Waals surface area contributed by atoms with Gasteiger partial charge in [-0.1, -0.05) is 11.8 Å². The summed E-state index contributed by atoms with van der Waals surface area (Å²) in [6, 6.07) is 1.77. The maximum atomic E-state index is 11.9. The zero-order valence-corrected chi connectivity index (χ0v) is 10.5. The molecule has 2 heterocycles. The van der Waals surface area contributed by atoms with Crippen LogP contribution >= 0.6 is 11.3 Å². The van der Waals surface area contributed by atoms with Crippen LogP contribution in [0.25, 0.3) is 0 Å². The minimum absolute atomic E-state index is 0.189. The normalized spacial score (nSPS) is 9.67. The monoisotopic (exact) mass is 261 g/mol. The average molecular weight is 261 g/mol. The van der Waals surface area contributed by atoms with E-state index in [0.29, 0.717) is 10.8 Å². The smallest absolute Gasteiger partial charge is 0.268 e. The minimum atomic E-state index is -0.227. The van der Waals surface area contributed by atoms with Gasteiger partial charge in [-0.25, -0.2) is 4.98 Å². The highest BCUT2D eigenvalue weighted by molar-refractivity contribution is 7.14. The Morgan fingerprint density at radius 1 is 1.67 bits per heavy atom. The molecular weight excluding hydrogens is 250 g/mol. The molecule has 0 fully saturated rings. The van der Waals surface area contributed by atoms with Gasteiger partial charge in [0.05, 0.1) is 9.75 Å². The number of amides is 1. The number of thiophene rings is 1. The van der Waals surface area contributed by atoms with Crippen molar-refractivity contribution in [1.29, 1.82) is 0 Å². The molecule has 0 aliphatic heterocycles. The van der Waals surface area contributed by atoms with Gasteiger partial charge in [0.15, 0.2) is 0 Å². The zero-order valence-electron chi connectivity index (χ0n) is 9.65. The maximum absolute atomic E-state index is 11.9. The Hall–Kier alpha value is -2.10. The lowest BCUT2D eigenvalue weighted by Crippen LogP contribution is -2.11. The first-order valence-electron chi connectivity index (χ1n) is 5.21. The number of rotatable bonds is 2. The van der Waals surface area contributed by atoms with Crippen LogP contribution in [0.15, 0.2) is 18.5 Å². The van der Waals surface area contributed by atoms with Gasteiger partial charge in [0.2, 0.25) is 5.95 Å². The topological polar surface area (TPSA) is 78.0 Å². The molecule has 18 heavy (non-hydrogen) atoms. The van der Waals surface area contributed by atoms with Crippen LogP contribution in [0.4, 0.5) is 5.95 Å². The molecule has 0 unspecified atom stereocenters. The Kier molecular flexibility index (Phi) is 3.77. The number of aliphatic hydroxyl groups excluding tert-OH is 1. The number of carbonyl (C=O) groups excluding carboxylic acids is 1. The molecule has 0 spiro atoms. The van der Waals surface area contributed by atoms with Crippen LogP contribution in [0.1, 0.15) is 20.1 Å². The molecule has 0 atom stereocenters. The quantitative estimate of drug-likeness (QED) is 0.715. The summed E-state index contributed by atoms with van der Waals surface area (Å²) < 4.78 is 0. The number of nitrogens with one attached hydrogen (secondary N) is 2. The molecule has 0 bridgehead atoms. The minimum Gasteiger partial charge on any atom is -0.384 e. The number of aromatic amines is 1. The van der Waals surface area contributed by atoms with Crippen molar-refractivity contribution in [2.45, 2.75) is 6.92 Å². The van der Waals surface area contributed by atoms with Crippen molar-refractivity contribution in [2.75, 3.05) is 11.9 Å². The number of hydrogen-bond donors (Lipinski definition) is 3. The fourth-order valence-corrected chi connectivity index (χ4v) is 2.28. The molecule has 0 saturated carbocycles. The fourth-order valence-electron chi connectivity index (χ4n) is 1.34. The van der Waals surface area contributed by atoms with E-state index in [-0.39, 0.29) is 12.5 Å². The molecule has 2 rings (SSSR count). The van der Waals surface area contributed by atoms with E-state index in [1.165, 1.54) is 11.3 Å². The Morgan fingerprint density at radius 3 is 3.17 bits per heavy atom. The Bertz CT molecular complexity index is 605. The first kappa shape index (κ1) is 12.4. The summed E-state index contributed by atoms with van der Waals surface area (Å²) in [6.07, 6.45) is 3.20. The molecule has 5 nitrogen and oxygen atoms in total. The second-order valence-electron chi connectivity index (χ2n) is 3.47. The second-order valence-corrected chi connectivity index (χ2v) is 4.53. The fraction of sp³-hybridized carbons (Fsp3) is 0.167. The first-order valence-corrected chi connectivity index (χ1v) is 6.03. The first-order chi connectivity index (χ1) is 8.70.